The van der Waals surface area contributed by atoms with Crippen LogP contribution in [0.5, 0.6) is 23.0 Å². The van der Waals surface area contributed by atoms with Gasteiger partial charge in [0.15, 0.2) is 11.5 Å². The number of benzene rings is 3. The molecule has 0 spiro atoms. The fraction of sp³-hybridized carbons (Fsp3) is 0.136. The fourth-order valence-corrected chi connectivity index (χ4v) is 3.53. The predicted molar refractivity (Wildman–Crippen MR) is 113 cm³/mol. The van der Waals surface area contributed by atoms with Crippen LogP contribution in [0.2, 0.25) is 5.02 Å². The van der Waals surface area contributed by atoms with E-state index in [-0.39, 0.29) is 22.0 Å². The minimum atomic E-state index is -4.50. The van der Waals surface area contributed by atoms with Crippen molar-refractivity contribution in [3.63, 3.8) is 0 Å². The van der Waals surface area contributed by atoms with Crippen LogP contribution in [0.25, 0.3) is 11.0 Å². The van der Waals surface area contributed by atoms with Crippen molar-refractivity contribution < 1.29 is 27.4 Å². The summed E-state index contributed by atoms with van der Waals surface area (Å²) >= 11 is 5.98. The fourth-order valence-electron chi connectivity index (χ4n) is 3.26. The molecule has 0 unspecified atom stereocenters. The van der Waals surface area contributed by atoms with Crippen LogP contribution in [0.15, 0.2) is 54.6 Å². The van der Waals surface area contributed by atoms with Crippen LogP contribution < -0.4 is 19.5 Å². The Morgan fingerprint density at radius 3 is 2.41 bits per heavy atom. The van der Waals surface area contributed by atoms with Gasteiger partial charge in [0.2, 0.25) is 5.95 Å². The lowest BCUT2D eigenvalue weighted by Crippen LogP contribution is -2.15. The molecule has 0 saturated heterocycles. The molecule has 1 aromatic heterocycles. The molecule has 0 atom stereocenters. The van der Waals surface area contributed by atoms with E-state index in [1.54, 1.807) is 42.5 Å². The van der Waals surface area contributed by atoms with Crippen molar-refractivity contribution in [1.29, 1.82) is 0 Å². The van der Waals surface area contributed by atoms with E-state index in [9.17, 15) is 13.2 Å². The smallest absolute Gasteiger partial charge is 0.416 e. The molecule has 10 heteroatoms. The van der Waals surface area contributed by atoms with Gasteiger partial charge in [-0.2, -0.15) is 13.2 Å². The molecular formula is C22H15ClF3N3O3. The molecule has 0 amide bonds. The van der Waals surface area contributed by atoms with Gasteiger partial charge in [-0.1, -0.05) is 11.6 Å². The van der Waals surface area contributed by atoms with Gasteiger partial charge in [0.25, 0.3) is 0 Å². The van der Waals surface area contributed by atoms with Gasteiger partial charge in [-0.3, -0.25) is 0 Å². The second kappa shape index (κ2) is 7.83. The summed E-state index contributed by atoms with van der Waals surface area (Å²) in [4.78, 5) is 7.06. The summed E-state index contributed by atoms with van der Waals surface area (Å²) in [5, 5.41) is 2.93. The standard InChI is InChI=1S/C22H15ClF3N3O3/c23-16-9-12(22(24,25)26)10-17-20(16)29-21(28-17)27-13-1-3-14(4-2-13)32-15-5-6-18-19(11-15)31-8-7-30-18/h1-6,9-11H,7-8H2,(H2,27,28,29). The largest absolute Gasteiger partial charge is 0.486 e. The number of ether oxygens (including phenoxy) is 3. The maximum absolute atomic E-state index is 13.0. The minimum absolute atomic E-state index is 0.0812. The Kier molecular flexibility index (Phi) is 4.97. The number of aromatic amines is 1. The lowest BCUT2D eigenvalue weighted by atomic mass is 10.2. The van der Waals surface area contributed by atoms with Crippen LogP contribution in [0.3, 0.4) is 0 Å². The SMILES string of the molecule is FC(F)(F)c1cc(Cl)c2nc(Nc3ccc(Oc4ccc5c(c4)OCCO5)cc3)[nH]c2c1. The maximum Gasteiger partial charge on any atom is 0.416 e. The molecule has 1 aliphatic heterocycles. The van der Waals surface area contributed by atoms with Gasteiger partial charge >= 0.3 is 6.18 Å². The summed E-state index contributed by atoms with van der Waals surface area (Å²) in [5.41, 5.74) is 0.253. The third-order valence-corrected chi connectivity index (χ3v) is 5.02. The third kappa shape index (κ3) is 4.11. The number of nitrogens with zero attached hydrogens (tertiary/aromatic N) is 1. The number of imidazole rings is 1. The number of hydrogen-bond donors (Lipinski definition) is 2. The molecule has 1 aliphatic rings. The first-order chi connectivity index (χ1) is 15.3. The van der Waals surface area contributed by atoms with Crippen molar-refractivity contribution in [2.24, 2.45) is 0 Å². The Balaban J connectivity index is 1.31. The number of H-pyrrole nitrogens is 1. The number of hydrogen-bond acceptors (Lipinski definition) is 5. The molecule has 0 saturated carbocycles. The summed E-state index contributed by atoms with van der Waals surface area (Å²) in [6, 6.07) is 14.2. The second-order valence-electron chi connectivity index (χ2n) is 6.99. The van der Waals surface area contributed by atoms with Gasteiger partial charge in [0, 0.05) is 11.8 Å². The van der Waals surface area contributed by atoms with Gasteiger partial charge in [-0.05, 0) is 48.5 Å². The van der Waals surface area contributed by atoms with Gasteiger partial charge in [-0.25, -0.2) is 4.98 Å². The Morgan fingerprint density at radius 2 is 1.66 bits per heavy atom. The van der Waals surface area contributed by atoms with E-state index in [1.807, 2.05) is 0 Å². The van der Waals surface area contributed by atoms with Crippen molar-refractivity contribution in [2.45, 2.75) is 6.18 Å². The van der Waals surface area contributed by atoms with E-state index in [4.69, 9.17) is 25.8 Å². The Hall–Kier alpha value is -3.59. The van der Waals surface area contributed by atoms with Crippen LogP contribution in [0, 0.1) is 0 Å². The quantitative estimate of drug-likeness (QED) is 0.361. The summed E-state index contributed by atoms with van der Waals surface area (Å²) in [6.45, 7) is 1.00. The van der Waals surface area contributed by atoms with Crippen LogP contribution in [-0.4, -0.2) is 23.2 Å². The second-order valence-corrected chi connectivity index (χ2v) is 7.40. The van der Waals surface area contributed by atoms with Crippen LogP contribution >= 0.6 is 11.6 Å². The van der Waals surface area contributed by atoms with Crippen LogP contribution in [-0.2, 0) is 6.18 Å². The lowest BCUT2D eigenvalue weighted by molar-refractivity contribution is -0.137. The monoisotopic (exact) mass is 461 g/mol. The van der Waals surface area contributed by atoms with E-state index in [0.717, 1.165) is 12.1 Å². The van der Waals surface area contributed by atoms with Crippen molar-refractivity contribution in [3.05, 3.63) is 65.2 Å². The number of alkyl halides is 3. The van der Waals surface area contributed by atoms with E-state index in [1.165, 1.54) is 0 Å². The third-order valence-electron chi connectivity index (χ3n) is 4.73. The first kappa shape index (κ1) is 20.3. The highest BCUT2D eigenvalue weighted by Gasteiger charge is 2.31. The molecule has 32 heavy (non-hydrogen) atoms. The molecule has 5 rings (SSSR count). The molecule has 4 aromatic rings. The molecule has 0 aliphatic carbocycles. The van der Waals surface area contributed by atoms with E-state index in [2.05, 4.69) is 15.3 Å². The number of rotatable bonds is 4. The summed E-state index contributed by atoms with van der Waals surface area (Å²) < 4.78 is 55.9. The highest BCUT2D eigenvalue weighted by atomic mass is 35.5. The highest BCUT2D eigenvalue weighted by molar-refractivity contribution is 6.35. The maximum atomic E-state index is 13.0. The zero-order valence-corrected chi connectivity index (χ0v) is 17.1. The lowest BCUT2D eigenvalue weighted by Gasteiger charge is -2.18. The molecule has 164 valence electrons. The average molecular weight is 462 g/mol. The van der Waals surface area contributed by atoms with Crippen LogP contribution in [0.1, 0.15) is 5.56 Å². The van der Waals surface area contributed by atoms with E-state index in [0.29, 0.717) is 41.9 Å². The summed E-state index contributed by atoms with van der Waals surface area (Å²) in [6.07, 6.45) is -4.50. The first-order valence-corrected chi connectivity index (χ1v) is 9.94. The first-order valence-electron chi connectivity index (χ1n) is 9.56. The molecular weight excluding hydrogens is 447 g/mol. The molecule has 0 fully saturated rings. The average Bonchev–Trinajstić information content (AvgIpc) is 3.18. The van der Waals surface area contributed by atoms with Crippen molar-refractivity contribution in [3.8, 4) is 23.0 Å². The normalized spacial score (nSPS) is 13.2. The molecule has 3 aromatic carbocycles. The van der Waals surface area contributed by atoms with Gasteiger partial charge in [0.05, 0.1) is 16.1 Å². The van der Waals surface area contributed by atoms with Gasteiger partial charge in [-0.15, -0.1) is 0 Å². The number of aromatic nitrogens is 2. The molecule has 6 nitrogen and oxygen atoms in total. The number of nitrogens with one attached hydrogen (secondary N) is 2. The van der Waals surface area contributed by atoms with E-state index < -0.39 is 11.7 Å². The van der Waals surface area contributed by atoms with Crippen molar-refractivity contribution >= 4 is 34.3 Å². The minimum Gasteiger partial charge on any atom is -0.486 e. The van der Waals surface area contributed by atoms with Crippen molar-refractivity contribution in [1.82, 2.24) is 9.97 Å². The van der Waals surface area contributed by atoms with Gasteiger partial charge in [0.1, 0.15) is 30.2 Å². The zero-order valence-electron chi connectivity index (χ0n) is 16.3. The zero-order chi connectivity index (χ0) is 22.3. The number of fused-ring (bicyclic) bond motifs is 2. The Bertz CT molecular complexity index is 1290. The summed E-state index contributed by atoms with van der Waals surface area (Å²) in [5.74, 6) is 2.76. The number of halogens is 4. The number of anilines is 2. The molecule has 2 N–H and O–H groups in total. The highest BCUT2D eigenvalue weighted by Crippen LogP contribution is 2.36. The Labute approximate surface area is 184 Å². The Morgan fingerprint density at radius 1 is 0.938 bits per heavy atom. The molecule has 2 heterocycles. The topological polar surface area (TPSA) is 68.4 Å². The van der Waals surface area contributed by atoms with Crippen molar-refractivity contribution in [2.75, 3.05) is 18.5 Å². The van der Waals surface area contributed by atoms with Crippen LogP contribution in [0.4, 0.5) is 24.8 Å². The molecule has 0 radical (unpaired) electrons. The predicted octanol–water partition coefficient (Wildman–Crippen LogP) is 6.54. The summed E-state index contributed by atoms with van der Waals surface area (Å²) in [7, 11) is 0. The molecule has 0 bridgehead atoms. The van der Waals surface area contributed by atoms with Gasteiger partial charge < -0.3 is 24.5 Å². The van der Waals surface area contributed by atoms with E-state index >= 15 is 0 Å².